The van der Waals surface area contributed by atoms with Crippen LogP contribution in [0.4, 0.5) is 0 Å². The zero-order valence-corrected chi connectivity index (χ0v) is 12.6. The van der Waals surface area contributed by atoms with E-state index in [4.69, 9.17) is 4.42 Å². The summed E-state index contributed by atoms with van der Waals surface area (Å²) < 4.78 is 9.90. The molecule has 1 aromatic carbocycles. The van der Waals surface area contributed by atoms with E-state index in [-0.39, 0.29) is 29.9 Å². The third kappa shape index (κ3) is 2.72. The summed E-state index contributed by atoms with van der Waals surface area (Å²) in [5.74, 6) is -0.801. The third-order valence-corrected chi connectivity index (χ3v) is 3.87. The Morgan fingerprint density at radius 2 is 2.05 bits per heavy atom. The van der Waals surface area contributed by atoms with Crippen molar-refractivity contribution in [2.24, 2.45) is 0 Å². The van der Waals surface area contributed by atoms with E-state index in [2.05, 4.69) is 4.74 Å². The van der Waals surface area contributed by atoms with Gasteiger partial charge in [-0.25, -0.2) is 4.79 Å². The smallest absolute Gasteiger partial charge is 0.336 e. The number of halogens is 1. The average Bonchev–Trinajstić information content (AvgIpc) is 2.41. The van der Waals surface area contributed by atoms with Crippen LogP contribution < -0.4 is 5.63 Å². The lowest BCUT2D eigenvalue weighted by Crippen LogP contribution is -2.06. The Bertz CT molecular complexity index is 734. The number of benzene rings is 1. The van der Waals surface area contributed by atoms with Gasteiger partial charge in [-0.05, 0) is 34.6 Å². The van der Waals surface area contributed by atoms with Crippen molar-refractivity contribution in [2.45, 2.75) is 12.8 Å². The van der Waals surface area contributed by atoms with Crippen molar-refractivity contribution >= 4 is 39.5 Å². The predicted octanol–water partition coefficient (Wildman–Crippen LogP) is 1.91. The van der Waals surface area contributed by atoms with Crippen molar-refractivity contribution in [1.82, 2.24) is 0 Å². The summed E-state index contributed by atoms with van der Waals surface area (Å²) in [4.78, 5) is 22.7. The molecule has 0 atom stereocenters. The number of carbonyl (C=O) groups is 1. The van der Waals surface area contributed by atoms with Crippen LogP contribution in [0.5, 0.6) is 11.5 Å². The largest absolute Gasteiger partial charge is 0.507 e. The van der Waals surface area contributed by atoms with Crippen molar-refractivity contribution in [1.29, 1.82) is 0 Å². The Morgan fingerprint density at radius 1 is 1.35 bits per heavy atom. The minimum atomic E-state index is -0.611. The molecule has 1 aromatic heterocycles. The maximum Gasteiger partial charge on any atom is 0.336 e. The molecule has 0 bridgehead atoms. The molecule has 0 radical (unpaired) electrons. The van der Waals surface area contributed by atoms with Gasteiger partial charge in [0.2, 0.25) is 0 Å². The minimum Gasteiger partial charge on any atom is -0.507 e. The molecule has 1 heterocycles. The van der Waals surface area contributed by atoms with Gasteiger partial charge in [-0.2, -0.15) is 0 Å². The Labute approximate surface area is 127 Å². The van der Waals surface area contributed by atoms with Gasteiger partial charge in [0.25, 0.3) is 0 Å². The zero-order valence-electron chi connectivity index (χ0n) is 10.5. The Kier molecular flexibility index (Phi) is 4.17. The fraction of sp³-hybridized carbons (Fsp3) is 0.231. The number of methoxy groups -OCH3 is 1. The lowest BCUT2D eigenvalue weighted by Gasteiger charge is -2.09. The molecule has 20 heavy (non-hydrogen) atoms. The number of phenols is 2. The molecule has 6 nitrogen and oxygen atoms in total. The van der Waals surface area contributed by atoms with E-state index in [1.54, 1.807) is 0 Å². The van der Waals surface area contributed by atoms with Gasteiger partial charge in [0, 0.05) is 18.6 Å². The number of ether oxygens (including phenoxy) is 1. The van der Waals surface area contributed by atoms with Gasteiger partial charge in [0.15, 0.2) is 5.58 Å². The summed E-state index contributed by atoms with van der Waals surface area (Å²) in [6.45, 7) is 0. The lowest BCUT2D eigenvalue weighted by molar-refractivity contribution is -0.140. The lowest BCUT2D eigenvalue weighted by atomic mass is 10.0. The van der Waals surface area contributed by atoms with Gasteiger partial charge >= 0.3 is 11.6 Å². The molecule has 0 aliphatic carbocycles. The quantitative estimate of drug-likeness (QED) is 0.472. The second-order valence-electron chi connectivity index (χ2n) is 4.10. The molecule has 2 aromatic rings. The van der Waals surface area contributed by atoms with Crippen molar-refractivity contribution in [2.75, 3.05) is 7.11 Å². The molecule has 0 fully saturated rings. The molecule has 0 amide bonds. The minimum absolute atomic E-state index is 0.0753. The summed E-state index contributed by atoms with van der Waals surface area (Å²) in [5, 5.41) is 19.9. The van der Waals surface area contributed by atoms with E-state index < -0.39 is 11.6 Å². The number of hydrogen-bond acceptors (Lipinski definition) is 6. The molecule has 106 valence electrons. The van der Waals surface area contributed by atoms with E-state index in [9.17, 15) is 19.8 Å². The first-order chi connectivity index (χ1) is 9.43. The predicted molar refractivity (Wildman–Crippen MR) is 78.9 cm³/mol. The number of phenolic OH excluding ortho intramolecular Hbond substituents is 2. The molecule has 0 saturated carbocycles. The normalized spacial score (nSPS) is 10.7. The topological polar surface area (TPSA) is 97.0 Å². The number of rotatable bonds is 3. The van der Waals surface area contributed by atoms with Crippen molar-refractivity contribution < 1.29 is 24.2 Å². The van der Waals surface area contributed by atoms with E-state index in [0.717, 1.165) is 0 Å². The Morgan fingerprint density at radius 3 is 2.70 bits per heavy atom. The fourth-order valence-electron chi connectivity index (χ4n) is 1.89. The van der Waals surface area contributed by atoms with Crippen LogP contribution in [0, 0.1) is 3.57 Å². The van der Waals surface area contributed by atoms with Crippen LogP contribution in [0.1, 0.15) is 12.0 Å². The number of aryl methyl sites for hydroxylation is 1. The van der Waals surface area contributed by atoms with E-state index in [1.165, 1.54) is 19.2 Å². The van der Waals surface area contributed by atoms with Crippen LogP contribution in [-0.2, 0) is 16.0 Å². The van der Waals surface area contributed by atoms with Crippen LogP contribution in [0.25, 0.3) is 11.0 Å². The standard InChI is InChI=1S/C13H11IO6/c1-19-9(17)3-2-6-4-10(18)20-13-11(6)7(15)5-8(16)12(13)14/h4-5,15-16H,2-3H2,1H3. The SMILES string of the molecule is COC(=O)CCc1cc(=O)oc2c(I)c(O)cc(O)c12. The molecular weight excluding hydrogens is 379 g/mol. The van der Waals surface area contributed by atoms with E-state index in [0.29, 0.717) is 14.5 Å². The highest BCUT2D eigenvalue weighted by molar-refractivity contribution is 14.1. The molecule has 0 saturated heterocycles. The molecule has 2 rings (SSSR count). The highest BCUT2D eigenvalue weighted by atomic mass is 127. The Balaban J connectivity index is 2.62. The number of carbonyl (C=O) groups excluding carboxylic acids is 1. The van der Waals surface area contributed by atoms with Crippen LogP contribution in [0.3, 0.4) is 0 Å². The number of fused-ring (bicyclic) bond motifs is 1. The molecule has 0 spiro atoms. The van der Waals surface area contributed by atoms with Crippen molar-refractivity contribution in [3.05, 3.63) is 31.7 Å². The van der Waals surface area contributed by atoms with Gasteiger partial charge in [-0.3, -0.25) is 4.79 Å². The Hall–Kier alpha value is -1.77. The van der Waals surface area contributed by atoms with E-state index in [1.807, 2.05) is 22.6 Å². The van der Waals surface area contributed by atoms with Crippen LogP contribution in [0.2, 0.25) is 0 Å². The van der Waals surface area contributed by atoms with Gasteiger partial charge in [-0.1, -0.05) is 0 Å². The molecule has 0 aliphatic rings. The van der Waals surface area contributed by atoms with Crippen LogP contribution >= 0.6 is 22.6 Å². The van der Waals surface area contributed by atoms with Gasteiger partial charge in [-0.15, -0.1) is 0 Å². The number of hydrogen-bond donors (Lipinski definition) is 2. The van der Waals surface area contributed by atoms with Gasteiger partial charge < -0.3 is 19.4 Å². The van der Waals surface area contributed by atoms with Crippen LogP contribution in [0.15, 0.2) is 21.3 Å². The second-order valence-corrected chi connectivity index (χ2v) is 5.18. The highest BCUT2D eigenvalue weighted by Crippen LogP contribution is 2.36. The van der Waals surface area contributed by atoms with Gasteiger partial charge in [0.05, 0.1) is 16.1 Å². The molecule has 2 N–H and O–H groups in total. The summed E-state index contributed by atoms with van der Waals surface area (Å²) in [6, 6.07) is 2.39. The third-order valence-electron chi connectivity index (χ3n) is 2.82. The fourth-order valence-corrected chi connectivity index (χ4v) is 2.43. The van der Waals surface area contributed by atoms with Crippen LogP contribution in [-0.4, -0.2) is 23.3 Å². The monoisotopic (exact) mass is 390 g/mol. The summed E-state index contributed by atoms with van der Waals surface area (Å²) in [7, 11) is 1.28. The number of esters is 1. The molecule has 0 unspecified atom stereocenters. The molecule has 0 aliphatic heterocycles. The summed E-state index contributed by atoms with van der Waals surface area (Å²) >= 11 is 1.82. The summed E-state index contributed by atoms with van der Waals surface area (Å²) in [6.07, 6.45) is 0.301. The first-order valence-electron chi connectivity index (χ1n) is 5.68. The second kappa shape index (κ2) is 5.70. The van der Waals surface area contributed by atoms with Crippen molar-refractivity contribution in [3.63, 3.8) is 0 Å². The summed E-state index contributed by atoms with van der Waals surface area (Å²) in [5.41, 5.74) is -0.0344. The van der Waals surface area contributed by atoms with E-state index >= 15 is 0 Å². The average molecular weight is 390 g/mol. The maximum absolute atomic E-state index is 11.5. The first kappa shape index (κ1) is 14.6. The van der Waals surface area contributed by atoms with Gasteiger partial charge in [0.1, 0.15) is 11.5 Å². The maximum atomic E-state index is 11.5. The van der Waals surface area contributed by atoms with Crippen molar-refractivity contribution in [3.8, 4) is 11.5 Å². The first-order valence-corrected chi connectivity index (χ1v) is 6.76. The highest BCUT2D eigenvalue weighted by Gasteiger charge is 2.17. The number of aromatic hydroxyl groups is 2. The molecule has 7 heteroatoms. The molecular formula is C13H11IO6. The zero-order chi connectivity index (χ0) is 14.9.